The number of carbonyl (C=O) groups is 3. The van der Waals surface area contributed by atoms with E-state index in [2.05, 4.69) is 44.4 Å². The van der Waals surface area contributed by atoms with Gasteiger partial charge in [0.05, 0.1) is 18.8 Å². The van der Waals surface area contributed by atoms with Gasteiger partial charge in [-0.15, -0.1) is 0 Å². The van der Waals surface area contributed by atoms with Gasteiger partial charge in [-0.3, -0.25) is 14.4 Å². The summed E-state index contributed by atoms with van der Waals surface area (Å²) in [5.41, 5.74) is 0. The van der Waals surface area contributed by atoms with Crippen LogP contribution in [-0.2, 0) is 28.6 Å². The average Bonchev–Trinajstić information content (AvgIpc) is 3.13. The van der Waals surface area contributed by atoms with Crippen molar-refractivity contribution in [2.45, 2.75) is 169 Å². The molecular weight excluding hydrogens is 681 g/mol. The van der Waals surface area contributed by atoms with Crippen molar-refractivity contribution in [3.8, 4) is 0 Å². The normalized spacial score (nSPS) is 12.1. The molecule has 1 unspecified atom stereocenters. The van der Waals surface area contributed by atoms with Crippen molar-refractivity contribution in [2.24, 2.45) is 5.92 Å². The molecule has 0 rings (SSSR count). The summed E-state index contributed by atoms with van der Waals surface area (Å²) in [6, 6.07) is 0. The summed E-state index contributed by atoms with van der Waals surface area (Å²) in [5, 5.41) is 0. The van der Waals surface area contributed by atoms with Gasteiger partial charge in [-0.1, -0.05) is 153 Å². The van der Waals surface area contributed by atoms with Crippen LogP contribution in [0.15, 0.2) is 0 Å². The number of hydrogen-bond donors (Lipinski definition) is 0. The van der Waals surface area contributed by atoms with Gasteiger partial charge in [-0.05, 0) is 51.9 Å². The summed E-state index contributed by atoms with van der Waals surface area (Å²) >= 11 is 0. The molecule has 0 aliphatic rings. The fourth-order valence-corrected chi connectivity index (χ4v) is 8.03. The minimum atomic E-state index is -0.307. The van der Waals surface area contributed by atoms with E-state index in [1.165, 1.54) is 83.5 Å². The van der Waals surface area contributed by atoms with E-state index in [1.807, 2.05) is 10.8 Å². The van der Waals surface area contributed by atoms with Gasteiger partial charge < -0.3 is 24.0 Å². The number of unbranched alkanes of at least 4 members (excludes halogenated alkanes) is 13. The zero-order valence-electron chi connectivity index (χ0n) is 33.9. The van der Waals surface area contributed by atoms with Gasteiger partial charge >= 0.3 is 17.9 Å². The van der Waals surface area contributed by atoms with Crippen LogP contribution in [0.2, 0.25) is 0 Å². The molecule has 51 heavy (non-hydrogen) atoms. The van der Waals surface area contributed by atoms with Crippen molar-refractivity contribution >= 4 is 39.5 Å². The highest BCUT2D eigenvalue weighted by Gasteiger charge is 2.19. The number of hydrogen-bond acceptors (Lipinski definition) is 10. The van der Waals surface area contributed by atoms with Crippen LogP contribution < -0.4 is 0 Å². The molecule has 0 saturated carbocycles. The third-order valence-electron chi connectivity index (χ3n) is 9.44. The fraction of sp³-hybridized carbons (Fsp3) is 0.927. The highest BCUT2D eigenvalue weighted by Crippen LogP contribution is 2.23. The van der Waals surface area contributed by atoms with Crippen molar-refractivity contribution < 1.29 is 28.6 Å². The SMILES string of the molecule is CCCCCCCCCCSSCCOC(=O)CCN(CCCN(CC)CC)CCC(=O)OCCOC(=O)C(CCCC)CCCCCCCC. The second-order valence-electron chi connectivity index (χ2n) is 13.8. The Labute approximate surface area is 322 Å². The van der Waals surface area contributed by atoms with Gasteiger partial charge in [-0.25, -0.2) is 0 Å². The van der Waals surface area contributed by atoms with Crippen LogP contribution >= 0.6 is 21.6 Å². The summed E-state index contributed by atoms with van der Waals surface area (Å²) in [7, 11) is 3.67. The Kier molecular flexibility index (Phi) is 38.0. The molecule has 0 N–H and O–H groups in total. The molecule has 0 aliphatic heterocycles. The molecule has 302 valence electrons. The van der Waals surface area contributed by atoms with Crippen LogP contribution in [0.5, 0.6) is 0 Å². The smallest absolute Gasteiger partial charge is 0.309 e. The maximum Gasteiger partial charge on any atom is 0.309 e. The first-order chi connectivity index (χ1) is 24.9. The maximum absolute atomic E-state index is 12.8. The van der Waals surface area contributed by atoms with Crippen LogP contribution in [0.3, 0.4) is 0 Å². The monoisotopic (exact) mass is 761 g/mol. The lowest BCUT2D eigenvalue weighted by molar-refractivity contribution is -0.155. The molecule has 0 heterocycles. The topological polar surface area (TPSA) is 85.4 Å². The van der Waals surface area contributed by atoms with Gasteiger partial charge in [0.1, 0.15) is 19.8 Å². The zero-order chi connectivity index (χ0) is 37.6. The standard InChI is InChI=1S/C41H80N2O6S2/c1-6-11-14-16-18-19-21-23-36-50-51-37-35-48-40(45)28-32-43(30-24-29-42(9-4)10-5)31-27-39(44)47-33-34-49-41(46)38(25-13-8-3)26-22-20-17-15-12-7-2/h38H,6-37H2,1-5H3. The second-order valence-corrected chi connectivity index (χ2v) is 16.5. The first kappa shape index (κ1) is 50.0. The first-order valence-corrected chi connectivity index (χ1v) is 23.6. The molecule has 0 aromatic rings. The van der Waals surface area contributed by atoms with Crippen LogP contribution in [0.25, 0.3) is 0 Å². The predicted molar refractivity (Wildman–Crippen MR) is 219 cm³/mol. The molecule has 0 bridgehead atoms. The number of esters is 3. The van der Waals surface area contributed by atoms with Crippen molar-refractivity contribution in [2.75, 3.05) is 70.6 Å². The molecule has 1 atom stereocenters. The third-order valence-corrected chi connectivity index (χ3v) is 11.9. The summed E-state index contributed by atoms with van der Waals surface area (Å²) < 4.78 is 16.5. The molecule has 10 heteroatoms. The lowest BCUT2D eigenvalue weighted by Gasteiger charge is -2.24. The quantitative estimate of drug-likeness (QED) is 0.0261. The van der Waals surface area contributed by atoms with E-state index < -0.39 is 0 Å². The Morgan fingerprint density at radius 2 is 0.941 bits per heavy atom. The van der Waals surface area contributed by atoms with Gasteiger partial charge in [0.25, 0.3) is 0 Å². The van der Waals surface area contributed by atoms with Gasteiger partial charge in [0.15, 0.2) is 0 Å². The highest BCUT2D eigenvalue weighted by molar-refractivity contribution is 8.76. The molecular formula is C41H80N2O6S2. The second kappa shape index (κ2) is 38.7. The number of rotatable bonds is 39. The van der Waals surface area contributed by atoms with Gasteiger partial charge in [0, 0.05) is 24.6 Å². The van der Waals surface area contributed by atoms with E-state index in [4.69, 9.17) is 14.2 Å². The van der Waals surface area contributed by atoms with E-state index in [1.54, 1.807) is 10.8 Å². The minimum Gasteiger partial charge on any atom is -0.465 e. The molecule has 0 aliphatic carbocycles. The van der Waals surface area contributed by atoms with Crippen molar-refractivity contribution in [3.05, 3.63) is 0 Å². The minimum absolute atomic E-state index is 0.0643. The van der Waals surface area contributed by atoms with Crippen molar-refractivity contribution in [1.29, 1.82) is 0 Å². The third kappa shape index (κ3) is 33.3. The first-order valence-electron chi connectivity index (χ1n) is 21.1. The average molecular weight is 761 g/mol. The summed E-state index contributed by atoms with van der Waals surface area (Å²) in [5.74, 6) is 1.25. The summed E-state index contributed by atoms with van der Waals surface area (Å²) in [6.07, 6.45) is 23.3. The van der Waals surface area contributed by atoms with Crippen LogP contribution in [0.4, 0.5) is 0 Å². The molecule has 0 aromatic carbocycles. The Hall–Kier alpha value is -0.970. The zero-order valence-corrected chi connectivity index (χ0v) is 35.5. The van der Waals surface area contributed by atoms with Crippen molar-refractivity contribution in [3.63, 3.8) is 0 Å². The van der Waals surface area contributed by atoms with Crippen LogP contribution in [0.1, 0.15) is 169 Å². The predicted octanol–water partition coefficient (Wildman–Crippen LogP) is 10.5. The Morgan fingerprint density at radius 3 is 1.53 bits per heavy atom. The van der Waals surface area contributed by atoms with Gasteiger partial charge in [0.2, 0.25) is 0 Å². The molecule has 0 amide bonds. The molecule has 0 aromatic heterocycles. The molecule has 0 radical (unpaired) electrons. The lowest BCUT2D eigenvalue weighted by Crippen LogP contribution is -2.33. The van der Waals surface area contributed by atoms with E-state index in [-0.39, 0.29) is 43.5 Å². The largest absolute Gasteiger partial charge is 0.465 e. The van der Waals surface area contributed by atoms with Crippen LogP contribution in [0, 0.1) is 5.92 Å². The van der Waals surface area contributed by atoms with Crippen LogP contribution in [-0.4, -0.2) is 98.3 Å². The van der Waals surface area contributed by atoms with Crippen molar-refractivity contribution in [1.82, 2.24) is 9.80 Å². The Balaban J connectivity index is 4.40. The lowest BCUT2D eigenvalue weighted by atomic mass is 9.95. The van der Waals surface area contributed by atoms with E-state index in [0.717, 1.165) is 76.2 Å². The van der Waals surface area contributed by atoms with E-state index in [0.29, 0.717) is 26.1 Å². The van der Waals surface area contributed by atoms with E-state index >= 15 is 0 Å². The molecule has 0 saturated heterocycles. The highest BCUT2D eigenvalue weighted by atomic mass is 33.1. The number of ether oxygens (including phenoxy) is 3. The molecule has 0 spiro atoms. The Morgan fingerprint density at radius 1 is 0.471 bits per heavy atom. The molecule has 8 nitrogen and oxygen atoms in total. The van der Waals surface area contributed by atoms with E-state index in [9.17, 15) is 14.4 Å². The summed E-state index contributed by atoms with van der Waals surface area (Å²) in [4.78, 5) is 42.4. The van der Waals surface area contributed by atoms with Gasteiger partial charge in [-0.2, -0.15) is 0 Å². The number of carbonyl (C=O) groups excluding carboxylic acids is 3. The maximum atomic E-state index is 12.8. The Bertz CT molecular complexity index is 802. The molecule has 0 fully saturated rings. The fourth-order valence-electron chi connectivity index (χ4n) is 6.06. The number of nitrogens with zero attached hydrogens (tertiary/aromatic N) is 2. The summed E-state index contributed by atoms with van der Waals surface area (Å²) in [6.45, 7) is 16.4.